The maximum absolute atomic E-state index is 11.7. The maximum atomic E-state index is 11.7. The second-order valence-corrected chi connectivity index (χ2v) is 4.96. The van der Waals surface area contributed by atoms with E-state index in [0.29, 0.717) is 12.6 Å². The molecule has 0 saturated heterocycles. The fourth-order valence-corrected chi connectivity index (χ4v) is 1.82. The zero-order chi connectivity index (χ0) is 14.5. The number of nitrogens with zero attached hydrogens (tertiary/aromatic N) is 1. The highest BCUT2D eigenvalue weighted by molar-refractivity contribution is 5.85. The lowest BCUT2D eigenvalue weighted by atomic mass is 10.2. The van der Waals surface area contributed by atoms with Crippen LogP contribution in [-0.4, -0.2) is 36.6 Å². The molecule has 1 fully saturated rings. The van der Waals surface area contributed by atoms with Crippen molar-refractivity contribution in [2.75, 3.05) is 18.5 Å². The van der Waals surface area contributed by atoms with Gasteiger partial charge in [-0.05, 0) is 36.6 Å². The molecule has 1 amide bonds. The van der Waals surface area contributed by atoms with Gasteiger partial charge in [0, 0.05) is 24.9 Å². The molecule has 0 aliphatic heterocycles. The van der Waals surface area contributed by atoms with Gasteiger partial charge in [-0.25, -0.2) is 4.79 Å². The van der Waals surface area contributed by atoms with Gasteiger partial charge in [0.15, 0.2) is 0 Å². The Kier molecular flexibility index (Phi) is 4.40. The molecule has 1 aliphatic rings. The van der Waals surface area contributed by atoms with Gasteiger partial charge in [-0.1, -0.05) is 12.1 Å². The molecule has 2 rings (SSSR count). The molecular formula is C15H18N2O3. The molecule has 0 spiro atoms. The number of carbonyl (C=O) groups is 2. The van der Waals surface area contributed by atoms with Crippen LogP contribution in [0, 0.1) is 0 Å². The number of hydrogen-bond acceptors (Lipinski definition) is 3. The number of likely N-dealkylation sites (N-methyl/N-ethyl adjacent to an activating group) is 1. The van der Waals surface area contributed by atoms with E-state index in [2.05, 4.69) is 5.32 Å². The summed E-state index contributed by atoms with van der Waals surface area (Å²) in [5, 5.41) is 11.5. The molecule has 106 valence electrons. The topological polar surface area (TPSA) is 69.6 Å². The quantitative estimate of drug-likeness (QED) is 0.771. The molecule has 0 aromatic heterocycles. The Labute approximate surface area is 117 Å². The van der Waals surface area contributed by atoms with Crippen molar-refractivity contribution in [3.8, 4) is 0 Å². The van der Waals surface area contributed by atoms with Crippen LogP contribution in [0.3, 0.4) is 0 Å². The van der Waals surface area contributed by atoms with E-state index in [0.717, 1.165) is 30.2 Å². The molecule has 2 N–H and O–H groups in total. The molecule has 0 atom stereocenters. The minimum Gasteiger partial charge on any atom is -0.478 e. The molecule has 5 nitrogen and oxygen atoms in total. The molecule has 20 heavy (non-hydrogen) atoms. The number of carboxylic acid groups (broad SMARTS) is 1. The van der Waals surface area contributed by atoms with Crippen LogP contribution < -0.4 is 10.2 Å². The Hall–Kier alpha value is -2.30. The highest BCUT2D eigenvalue weighted by Crippen LogP contribution is 2.19. The van der Waals surface area contributed by atoms with Crippen molar-refractivity contribution in [1.82, 2.24) is 5.32 Å². The van der Waals surface area contributed by atoms with E-state index in [1.165, 1.54) is 6.08 Å². The first-order chi connectivity index (χ1) is 9.54. The van der Waals surface area contributed by atoms with Gasteiger partial charge in [-0.15, -0.1) is 0 Å². The fourth-order valence-electron chi connectivity index (χ4n) is 1.82. The second-order valence-electron chi connectivity index (χ2n) is 4.96. The number of nitrogens with one attached hydrogen (secondary N) is 1. The van der Waals surface area contributed by atoms with E-state index in [4.69, 9.17) is 5.11 Å². The smallest absolute Gasteiger partial charge is 0.328 e. The minimum absolute atomic E-state index is 0.0323. The second kappa shape index (κ2) is 6.23. The first-order valence-corrected chi connectivity index (χ1v) is 6.56. The number of amides is 1. The van der Waals surface area contributed by atoms with Gasteiger partial charge in [-0.2, -0.15) is 0 Å². The zero-order valence-corrected chi connectivity index (χ0v) is 11.4. The lowest BCUT2D eigenvalue weighted by Gasteiger charge is -2.18. The van der Waals surface area contributed by atoms with Crippen LogP contribution in [-0.2, 0) is 9.59 Å². The Morgan fingerprint density at radius 1 is 1.35 bits per heavy atom. The molecule has 0 heterocycles. The van der Waals surface area contributed by atoms with Gasteiger partial charge in [0.1, 0.15) is 0 Å². The van der Waals surface area contributed by atoms with Crippen molar-refractivity contribution in [3.05, 3.63) is 35.9 Å². The summed E-state index contributed by atoms with van der Waals surface area (Å²) in [7, 11) is 1.86. The molecule has 5 heteroatoms. The number of carbonyl (C=O) groups excluding carboxylic acids is 1. The van der Waals surface area contributed by atoms with E-state index in [9.17, 15) is 9.59 Å². The molecule has 1 saturated carbocycles. The number of hydrogen-bond donors (Lipinski definition) is 2. The molecular weight excluding hydrogens is 256 g/mol. The summed E-state index contributed by atoms with van der Waals surface area (Å²) in [4.78, 5) is 24.0. The van der Waals surface area contributed by atoms with E-state index in [1.54, 1.807) is 0 Å². The van der Waals surface area contributed by atoms with Crippen molar-refractivity contribution in [3.63, 3.8) is 0 Å². The molecule has 1 aromatic rings. The summed E-state index contributed by atoms with van der Waals surface area (Å²) in [6.45, 7) is 0.320. The summed E-state index contributed by atoms with van der Waals surface area (Å²) in [6, 6.07) is 7.76. The molecule has 1 aromatic carbocycles. The largest absolute Gasteiger partial charge is 0.478 e. The summed E-state index contributed by atoms with van der Waals surface area (Å²) < 4.78 is 0. The van der Waals surface area contributed by atoms with Gasteiger partial charge >= 0.3 is 5.97 Å². The fraction of sp³-hybridized carbons (Fsp3) is 0.333. The van der Waals surface area contributed by atoms with Crippen LogP contribution in [0.4, 0.5) is 5.69 Å². The lowest BCUT2D eigenvalue weighted by Crippen LogP contribution is -2.36. The third-order valence-electron chi connectivity index (χ3n) is 3.08. The highest BCUT2D eigenvalue weighted by atomic mass is 16.4. The predicted octanol–water partition coefficient (Wildman–Crippen LogP) is 1.50. The van der Waals surface area contributed by atoms with E-state index < -0.39 is 5.97 Å². The Morgan fingerprint density at radius 3 is 2.55 bits per heavy atom. The first-order valence-electron chi connectivity index (χ1n) is 6.56. The van der Waals surface area contributed by atoms with Crippen LogP contribution >= 0.6 is 0 Å². The number of benzene rings is 1. The monoisotopic (exact) mass is 274 g/mol. The summed E-state index contributed by atoms with van der Waals surface area (Å²) >= 11 is 0. The van der Waals surface area contributed by atoms with Crippen molar-refractivity contribution in [1.29, 1.82) is 0 Å². The molecule has 0 bridgehead atoms. The molecule has 0 radical (unpaired) electrons. The van der Waals surface area contributed by atoms with Crippen molar-refractivity contribution < 1.29 is 14.7 Å². The number of anilines is 1. The standard InChI is InChI=1S/C15H18N2O3/c1-17(10-14(18)16-12-5-6-12)13-7-2-11(3-8-13)4-9-15(19)20/h2-4,7-9,12H,5-6,10H2,1H3,(H,16,18)(H,19,20). The third kappa shape index (κ3) is 4.42. The Bertz CT molecular complexity index is 518. The number of carboxylic acids is 1. The van der Waals surface area contributed by atoms with Gasteiger partial charge in [0.05, 0.1) is 6.54 Å². The normalized spacial score (nSPS) is 14.2. The SMILES string of the molecule is CN(CC(=O)NC1CC1)c1ccc(C=CC(=O)O)cc1. The van der Waals surface area contributed by atoms with Gasteiger partial charge in [0.25, 0.3) is 0 Å². The Balaban J connectivity index is 1.90. The maximum Gasteiger partial charge on any atom is 0.328 e. The van der Waals surface area contributed by atoms with Crippen LogP contribution in [0.5, 0.6) is 0 Å². The first kappa shape index (κ1) is 14.1. The van der Waals surface area contributed by atoms with Crippen LogP contribution in [0.2, 0.25) is 0 Å². The third-order valence-corrected chi connectivity index (χ3v) is 3.08. The summed E-state index contributed by atoms with van der Waals surface area (Å²) in [6.07, 6.45) is 4.80. The Morgan fingerprint density at radius 2 is 2.00 bits per heavy atom. The average Bonchev–Trinajstić information content (AvgIpc) is 3.20. The van der Waals surface area contributed by atoms with Gasteiger partial charge in [0.2, 0.25) is 5.91 Å². The van der Waals surface area contributed by atoms with Crippen molar-refractivity contribution in [2.45, 2.75) is 18.9 Å². The van der Waals surface area contributed by atoms with Gasteiger partial charge in [-0.3, -0.25) is 4.79 Å². The summed E-state index contributed by atoms with van der Waals surface area (Å²) in [5.41, 5.74) is 1.73. The van der Waals surface area contributed by atoms with Crippen LogP contribution in [0.1, 0.15) is 18.4 Å². The zero-order valence-electron chi connectivity index (χ0n) is 11.4. The van der Waals surface area contributed by atoms with Crippen molar-refractivity contribution >= 4 is 23.6 Å². The van der Waals surface area contributed by atoms with Crippen LogP contribution in [0.25, 0.3) is 6.08 Å². The minimum atomic E-state index is -0.969. The van der Waals surface area contributed by atoms with E-state index in [-0.39, 0.29) is 5.91 Å². The lowest BCUT2D eigenvalue weighted by molar-refractivity contribution is -0.131. The predicted molar refractivity (Wildman–Crippen MR) is 77.5 cm³/mol. The number of rotatable bonds is 6. The van der Waals surface area contributed by atoms with Crippen molar-refractivity contribution in [2.24, 2.45) is 0 Å². The van der Waals surface area contributed by atoms with Gasteiger partial charge < -0.3 is 15.3 Å². The number of aliphatic carboxylic acids is 1. The summed E-state index contributed by atoms with van der Waals surface area (Å²) in [5.74, 6) is -0.937. The molecule has 1 aliphatic carbocycles. The van der Waals surface area contributed by atoms with E-state index in [1.807, 2.05) is 36.2 Å². The average molecular weight is 274 g/mol. The van der Waals surface area contributed by atoms with E-state index >= 15 is 0 Å². The van der Waals surface area contributed by atoms with Crippen LogP contribution in [0.15, 0.2) is 30.3 Å². The highest BCUT2D eigenvalue weighted by Gasteiger charge is 2.23. The molecule has 0 unspecified atom stereocenters.